The minimum absolute atomic E-state index is 0.183. The summed E-state index contributed by atoms with van der Waals surface area (Å²) >= 11 is 1.48. The van der Waals surface area contributed by atoms with E-state index in [1.165, 1.54) is 11.3 Å². The number of Topliss-reactive ketones (excluding diaryl/α,β-unsaturated/α-hetero) is 1. The van der Waals surface area contributed by atoms with E-state index < -0.39 is 0 Å². The lowest BCUT2D eigenvalue weighted by Crippen LogP contribution is -1.97. The normalized spacial score (nSPS) is 10.0. The third kappa shape index (κ3) is 2.49. The minimum atomic E-state index is 0.183. The number of aromatic nitrogens is 1. The van der Waals surface area contributed by atoms with E-state index in [1.807, 2.05) is 13.8 Å². The number of carbonyl (C=O) groups excluding carboxylic acids is 1. The zero-order valence-corrected chi connectivity index (χ0v) is 8.78. The number of ketones is 1. The Kier molecular flexibility index (Phi) is 3.37. The molecule has 2 nitrogen and oxygen atoms in total. The summed E-state index contributed by atoms with van der Waals surface area (Å²) < 4.78 is 0. The van der Waals surface area contributed by atoms with E-state index in [2.05, 4.69) is 11.6 Å². The first kappa shape index (κ1) is 10.1. The van der Waals surface area contributed by atoms with Crippen LogP contribution in [-0.2, 0) is 0 Å². The summed E-state index contributed by atoms with van der Waals surface area (Å²) in [5, 5.41) is 0.958. The lowest BCUT2D eigenvalue weighted by atomic mass is 10.2. The fourth-order valence-corrected chi connectivity index (χ4v) is 2.02. The molecule has 0 fully saturated rings. The summed E-state index contributed by atoms with van der Waals surface area (Å²) in [6.07, 6.45) is 3.06. The highest BCUT2D eigenvalue weighted by atomic mass is 32.1. The third-order valence-corrected chi connectivity index (χ3v) is 2.85. The van der Waals surface area contributed by atoms with Crippen molar-refractivity contribution in [3.63, 3.8) is 0 Å². The molecule has 0 spiro atoms. The molecule has 13 heavy (non-hydrogen) atoms. The van der Waals surface area contributed by atoms with Crippen molar-refractivity contribution in [2.24, 2.45) is 0 Å². The van der Waals surface area contributed by atoms with Crippen molar-refractivity contribution < 1.29 is 4.79 Å². The summed E-state index contributed by atoms with van der Waals surface area (Å²) in [6, 6.07) is 0. The molecule has 70 valence electrons. The molecule has 0 amide bonds. The largest absolute Gasteiger partial charge is 0.293 e. The van der Waals surface area contributed by atoms with Gasteiger partial charge < -0.3 is 0 Å². The van der Waals surface area contributed by atoms with E-state index in [9.17, 15) is 4.79 Å². The van der Waals surface area contributed by atoms with Crippen molar-refractivity contribution >= 4 is 17.1 Å². The van der Waals surface area contributed by atoms with Gasteiger partial charge in [0.2, 0.25) is 0 Å². The van der Waals surface area contributed by atoms with Gasteiger partial charge in [-0.2, -0.15) is 0 Å². The summed E-state index contributed by atoms with van der Waals surface area (Å²) in [5.41, 5.74) is 0.858. The highest BCUT2D eigenvalue weighted by molar-refractivity contribution is 7.13. The predicted molar refractivity (Wildman–Crippen MR) is 55.3 cm³/mol. The van der Waals surface area contributed by atoms with Gasteiger partial charge in [0, 0.05) is 6.42 Å². The SMILES string of the molecule is C=CCCC(=O)c1sc(C)nc1C. The van der Waals surface area contributed by atoms with Gasteiger partial charge in [-0.1, -0.05) is 6.08 Å². The molecule has 0 aliphatic carbocycles. The smallest absolute Gasteiger partial charge is 0.175 e. The first-order chi connectivity index (χ1) is 6.15. The molecule has 0 radical (unpaired) electrons. The molecule has 1 aromatic rings. The van der Waals surface area contributed by atoms with Gasteiger partial charge in [-0.15, -0.1) is 17.9 Å². The third-order valence-electron chi connectivity index (χ3n) is 1.73. The Bertz CT molecular complexity index is 328. The molecule has 0 saturated carbocycles. The van der Waals surface area contributed by atoms with Crippen LogP contribution >= 0.6 is 11.3 Å². The van der Waals surface area contributed by atoms with Gasteiger partial charge in [0.1, 0.15) is 0 Å². The number of nitrogens with zero attached hydrogens (tertiary/aromatic N) is 1. The van der Waals surface area contributed by atoms with Crippen LogP contribution in [-0.4, -0.2) is 10.8 Å². The second-order valence-electron chi connectivity index (χ2n) is 2.90. The minimum Gasteiger partial charge on any atom is -0.293 e. The van der Waals surface area contributed by atoms with E-state index >= 15 is 0 Å². The zero-order valence-electron chi connectivity index (χ0n) is 7.96. The molecule has 0 unspecified atom stereocenters. The van der Waals surface area contributed by atoms with Crippen molar-refractivity contribution in [1.29, 1.82) is 0 Å². The molecule has 0 bridgehead atoms. The van der Waals surface area contributed by atoms with Gasteiger partial charge in [0.05, 0.1) is 15.6 Å². The topological polar surface area (TPSA) is 30.0 Å². The van der Waals surface area contributed by atoms with Crippen molar-refractivity contribution in [3.8, 4) is 0 Å². The second-order valence-corrected chi connectivity index (χ2v) is 4.10. The molecule has 0 saturated heterocycles. The maximum atomic E-state index is 11.6. The molecule has 0 N–H and O–H groups in total. The Morgan fingerprint density at radius 3 is 2.77 bits per heavy atom. The quantitative estimate of drug-likeness (QED) is 0.546. The number of aryl methyl sites for hydroxylation is 2. The molecule has 0 aliphatic heterocycles. The van der Waals surface area contributed by atoms with Crippen LogP contribution < -0.4 is 0 Å². The predicted octanol–water partition coefficient (Wildman–Crippen LogP) is 2.91. The van der Waals surface area contributed by atoms with Crippen LogP contribution in [0.5, 0.6) is 0 Å². The molecular formula is C10H13NOS. The second kappa shape index (κ2) is 4.33. The highest BCUT2D eigenvalue weighted by Crippen LogP contribution is 2.19. The van der Waals surface area contributed by atoms with E-state index in [1.54, 1.807) is 6.08 Å². The van der Waals surface area contributed by atoms with Crippen molar-refractivity contribution in [3.05, 3.63) is 28.2 Å². The molecule has 1 heterocycles. The van der Waals surface area contributed by atoms with Gasteiger partial charge >= 0.3 is 0 Å². The van der Waals surface area contributed by atoms with E-state index in [-0.39, 0.29) is 5.78 Å². The molecular weight excluding hydrogens is 182 g/mol. The summed E-state index contributed by atoms with van der Waals surface area (Å²) in [6.45, 7) is 7.39. The van der Waals surface area contributed by atoms with E-state index in [0.29, 0.717) is 6.42 Å². The number of hydrogen-bond donors (Lipinski definition) is 0. The van der Waals surface area contributed by atoms with Gasteiger partial charge in [-0.25, -0.2) is 4.98 Å². The highest BCUT2D eigenvalue weighted by Gasteiger charge is 2.12. The first-order valence-corrected chi connectivity index (χ1v) is 5.05. The molecule has 3 heteroatoms. The number of carbonyl (C=O) groups is 1. The summed E-state index contributed by atoms with van der Waals surface area (Å²) in [4.78, 5) is 16.6. The van der Waals surface area contributed by atoms with Gasteiger partial charge in [0.25, 0.3) is 0 Å². The van der Waals surface area contributed by atoms with Crippen LogP contribution in [0.25, 0.3) is 0 Å². The number of thiazole rings is 1. The van der Waals surface area contributed by atoms with Crippen LogP contribution in [0.4, 0.5) is 0 Å². The van der Waals surface area contributed by atoms with Crippen molar-refractivity contribution in [2.45, 2.75) is 26.7 Å². The lowest BCUT2D eigenvalue weighted by Gasteiger charge is -1.94. The molecule has 0 atom stereocenters. The zero-order chi connectivity index (χ0) is 9.84. The Labute approximate surface area is 82.3 Å². The van der Waals surface area contributed by atoms with Crippen LogP contribution in [0.15, 0.2) is 12.7 Å². The molecule has 1 rings (SSSR count). The van der Waals surface area contributed by atoms with Crippen LogP contribution in [0.1, 0.15) is 33.2 Å². The van der Waals surface area contributed by atoms with Gasteiger partial charge in [0.15, 0.2) is 5.78 Å². The first-order valence-electron chi connectivity index (χ1n) is 4.23. The average molecular weight is 195 g/mol. The summed E-state index contributed by atoms with van der Waals surface area (Å²) in [5.74, 6) is 0.183. The lowest BCUT2D eigenvalue weighted by molar-refractivity contribution is 0.0987. The van der Waals surface area contributed by atoms with Crippen molar-refractivity contribution in [2.75, 3.05) is 0 Å². The molecule has 0 aromatic carbocycles. The Balaban J connectivity index is 2.76. The Morgan fingerprint density at radius 1 is 1.62 bits per heavy atom. The molecule has 1 aromatic heterocycles. The number of allylic oxidation sites excluding steroid dienone is 1. The fourth-order valence-electron chi connectivity index (χ4n) is 1.14. The van der Waals surface area contributed by atoms with Crippen molar-refractivity contribution in [1.82, 2.24) is 4.98 Å². The fraction of sp³-hybridized carbons (Fsp3) is 0.400. The molecule has 0 aliphatic rings. The standard InChI is InChI=1S/C10H13NOS/c1-4-5-6-9(12)10-7(2)11-8(3)13-10/h4H,1,5-6H2,2-3H3. The van der Waals surface area contributed by atoms with Crippen LogP contribution in [0.2, 0.25) is 0 Å². The number of rotatable bonds is 4. The van der Waals surface area contributed by atoms with E-state index in [0.717, 1.165) is 22.0 Å². The monoisotopic (exact) mass is 195 g/mol. The van der Waals surface area contributed by atoms with Crippen LogP contribution in [0.3, 0.4) is 0 Å². The Morgan fingerprint density at radius 2 is 2.31 bits per heavy atom. The maximum absolute atomic E-state index is 11.6. The average Bonchev–Trinajstić information content (AvgIpc) is 2.41. The van der Waals surface area contributed by atoms with E-state index in [4.69, 9.17) is 0 Å². The van der Waals surface area contributed by atoms with Gasteiger partial charge in [-0.3, -0.25) is 4.79 Å². The van der Waals surface area contributed by atoms with Gasteiger partial charge in [-0.05, 0) is 20.3 Å². The Hall–Kier alpha value is -0.960. The van der Waals surface area contributed by atoms with Crippen LogP contribution in [0, 0.1) is 13.8 Å². The maximum Gasteiger partial charge on any atom is 0.175 e. The number of hydrogen-bond acceptors (Lipinski definition) is 3. The summed E-state index contributed by atoms with van der Waals surface area (Å²) in [7, 11) is 0.